The fourth-order valence-electron chi connectivity index (χ4n) is 4.34. The molecule has 2 aliphatic heterocycles. The van der Waals surface area contributed by atoms with E-state index in [1.807, 2.05) is 13.1 Å². The molecule has 2 unspecified atom stereocenters. The number of hydrogen-bond donors (Lipinski definition) is 0. The molecule has 0 aliphatic carbocycles. The van der Waals surface area contributed by atoms with E-state index in [2.05, 4.69) is 33.6 Å². The molecular formula is C23H31FN4O2. The molecule has 0 spiro atoms. The largest absolute Gasteiger partial charge is 0.494 e. The van der Waals surface area contributed by atoms with Crippen LogP contribution in [0.15, 0.2) is 30.6 Å². The van der Waals surface area contributed by atoms with Gasteiger partial charge in [0.05, 0.1) is 24.7 Å². The van der Waals surface area contributed by atoms with Crippen LogP contribution in [0.1, 0.15) is 33.6 Å². The van der Waals surface area contributed by atoms with E-state index in [1.54, 1.807) is 18.3 Å². The van der Waals surface area contributed by atoms with Gasteiger partial charge in [-0.05, 0) is 31.4 Å². The van der Waals surface area contributed by atoms with E-state index < -0.39 is 0 Å². The number of piperidine rings is 1. The highest BCUT2D eigenvalue weighted by molar-refractivity contribution is 5.52. The second-order valence-corrected chi connectivity index (χ2v) is 8.47. The highest BCUT2D eigenvalue weighted by atomic mass is 19.1. The monoisotopic (exact) mass is 414 g/mol. The summed E-state index contributed by atoms with van der Waals surface area (Å²) < 4.78 is 26.1. The number of nitrogens with zero attached hydrogens (tertiary/aromatic N) is 4. The summed E-state index contributed by atoms with van der Waals surface area (Å²) in [6, 6.07) is 4.94. The first-order chi connectivity index (χ1) is 14.5. The van der Waals surface area contributed by atoms with E-state index in [0.29, 0.717) is 36.4 Å². The Morgan fingerprint density at radius 2 is 1.90 bits per heavy atom. The summed E-state index contributed by atoms with van der Waals surface area (Å²) in [4.78, 5) is 13.4. The van der Waals surface area contributed by atoms with Gasteiger partial charge in [-0.3, -0.25) is 0 Å². The van der Waals surface area contributed by atoms with E-state index >= 15 is 0 Å². The minimum atomic E-state index is -0.220. The van der Waals surface area contributed by atoms with Crippen molar-refractivity contribution in [3.05, 3.63) is 36.4 Å². The highest BCUT2D eigenvalue weighted by Gasteiger charge is 2.29. The first kappa shape index (κ1) is 20.7. The maximum Gasteiger partial charge on any atom is 0.232 e. The SMILES string of the molecule is CCOc1ccc(F)c(N2CC[C@@H](Oc3cnc(N4CCC(C)C4)cn3)C(C)C2)c1. The van der Waals surface area contributed by atoms with Crippen LogP contribution in [0.4, 0.5) is 15.9 Å². The third-order valence-corrected chi connectivity index (χ3v) is 6.03. The normalized spacial score (nSPS) is 24.2. The van der Waals surface area contributed by atoms with Crippen molar-refractivity contribution >= 4 is 11.5 Å². The van der Waals surface area contributed by atoms with Crippen LogP contribution in [-0.2, 0) is 0 Å². The Morgan fingerprint density at radius 1 is 1.07 bits per heavy atom. The van der Waals surface area contributed by atoms with Crippen LogP contribution in [-0.4, -0.2) is 48.9 Å². The van der Waals surface area contributed by atoms with Crippen molar-refractivity contribution in [1.82, 2.24) is 9.97 Å². The molecule has 1 aromatic carbocycles. The topological polar surface area (TPSA) is 50.7 Å². The fraction of sp³-hybridized carbons (Fsp3) is 0.565. The molecular weight excluding hydrogens is 383 g/mol. The second-order valence-electron chi connectivity index (χ2n) is 8.47. The lowest BCUT2D eigenvalue weighted by Gasteiger charge is -2.38. The third kappa shape index (κ3) is 4.60. The van der Waals surface area contributed by atoms with Crippen molar-refractivity contribution in [1.29, 1.82) is 0 Å². The van der Waals surface area contributed by atoms with Crippen LogP contribution in [0.2, 0.25) is 0 Å². The number of benzene rings is 1. The Bertz CT molecular complexity index is 848. The fourth-order valence-corrected chi connectivity index (χ4v) is 4.34. The van der Waals surface area contributed by atoms with E-state index in [0.717, 1.165) is 31.9 Å². The molecule has 3 heterocycles. The Balaban J connectivity index is 1.36. The molecule has 3 atom stereocenters. The van der Waals surface area contributed by atoms with Gasteiger partial charge in [-0.1, -0.05) is 13.8 Å². The maximum absolute atomic E-state index is 14.4. The molecule has 2 fully saturated rings. The van der Waals surface area contributed by atoms with Crippen LogP contribution in [0.5, 0.6) is 11.6 Å². The zero-order valence-electron chi connectivity index (χ0n) is 18.1. The molecule has 0 N–H and O–H groups in total. The summed E-state index contributed by atoms with van der Waals surface area (Å²) in [6.07, 6.45) is 5.56. The standard InChI is InChI=1S/C23H31FN4O2/c1-4-29-18-5-6-19(24)20(11-18)27-10-8-21(17(3)15-27)30-23-13-25-22(12-26-23)28-9-7-16(2)14-28/h5-6,11-13,16-17,21H,4,7-10,14-15H2,1-3H3/t16?,17?,21-/m1/s1. The van der Waals surface area contributed by atoms with E-state index in [9.17, 15) is 4.39 Å². The van der Waals surface area contributed by atoms with Gasteiger partial charge in [0.25, 0.3) is 0 Å². The lowest BCUT2D eigenvalue weighted by Crippen LogP contribution is -2.44. The summed E-state index contributed by atoms with van der Waals surface area (Å²) in [5.41, 5.74) is 0.593. The third-order valence-electron chi connectivity index (χ3n) is 6.03. The van der Waals surface area contributed by atoms with Gasteiger partial charge in [-0.25, -0.2) is 14.4 Å². The summed E-state index contributed by atoms with van der Waals surface area (Å²) in [6.45, 7) is 10.4. The second kappa shape index (κ2) is 9.06. The average molecular weight is 415 g/mol. The van der Waals surface area contributed by atoms with Crippen LogP contribution in [0.25, 0.3) is 0 Å². The lowest BCUT2D eigenvalue weighted by atomic mass is 9.96. The molecule has 7 heteroatoms. The van der Waals surface area contributed by atoms with Gasteiger partial charge in [-0.2, -0.15) is 0 Å². The predicted octanol–water partition coefficient (Wildman–Crippen LogP) is 4.15. The minimum absolute atomic E-state index is 0.0337. The quantitative estimate of drug-likeness (QED) is 0.708. The van der Waals surface area contributed by atoms with E-state index in [4.69, 9.17) is 9.47 Å². The molecule has 30 heavy (non-hydrogen) atoms. The molecule has 1 aromatic heterocycles. The van der Waals surface area contributed by atoms with Gasteiger partial charge in [-0.15, -0.1) is 0 Å². The first-order valence-corrected chi connectivity index (χ1v) is 10.9. The Hall–Kier alpha value is -2.57. The molecule has 4 rings (SSSR count). The maximum atomic E-state index is 14.4. The molecule has 0 radical (unpaired) electrons. The Labute approximate surface area is 178 Å². The molecule has 2 aliphatic rings. The van der Waals surface area contributed by atoms with Crippen molar-refractivity contribution in [2.24, 2.45) is 11.8 Å². The predicted molar refractivity (Wildman–Crippen MR) is 116 cm³/mol. The van der Waals surface area contributed by atoms with Crippen LogP contribution >= 0.6 is 0 Å². The zero-order valence-corrected chi connectivity index (χ0v) is 18.1. The molecule has 162 valence electrons. The highest BCUT2D eigenvalue weighted by Crippen LogP contribution is 2.31. The van der Waals surface area contributed by atoms with Crippen molar-refractivity contribution in [3.63, 3.8) is 0 Å². The van der Waals surface area contributed by atoms with Crippen molar-refractivity contribution in [3.8, 4) is 11.6 Å². The number of halogens is 1. The Kier molecular flexibility index (Phi) is 6.25. The van der Waals surface area contributed by atoms with Crippen molar-refractivity contribution in [2.75, 3.05) is 42.6 Å². The van der Waals surface area contributed by atoms with Gasteiger partial charge in [0.1, 0.15) is 23.5 Å². The molecule has 0 amide bonds. The summed E-state index contributed by atoms with van der Waals surface area (Å²) in [7, 11) is 0. The number of hydrogen-bond acceptors (Lipinski definition) is 6. The molecule has 2 saturated heterocycles. The summed E-state index contributed by atoms with van der Waals surface area (Å²) >= 11 is 0. The van der Waals surface area contributed by atoms with Gasteiger partial charge in [0.2, 0.25) is 5.88 Å². The summed E-state index contributed by atoms with van der Waals surface area (Å²) in [5.74, 6) is 2.88. The van der Waals surface area contributed by atoms with Crippen LogP contribution < -0.4 is 19.3 Å². The number of ether oxygens (including phenoxy) is 2. The van der Waals surface area contributed by atoms with Crippen LogP contribution in [0, 0.1) is 17.7 Å². The van der Waals surface area contributed by atoms with Crippen molar-refractivity contribution < 1.29 is 13.9 Å². The van der Waals surface area contributed by atoms with E-state index in [-0.39, 0.29) is 17.8 Å². The number of anilines is 2. The first-order valence-electron chi connectivity index (χ1n) is 10.9. The molecule has 0 bridgehead atoms. The smallest absolute Gasteiger partial charge is 0.232 e. The van der Waals surface area contributed by atoms with Crippen LogP contribution in [0.3, 0.4) is 0 Å². The van der Waals surface area contributed by atoms with Gasteiger partial charge >= 0.3 is 0 Å². The van der Waals surface area contributed by atoms with Gasteiger partial charge in [0, 0.05) is 44.6 Å². The number of aromatic nitrogens is 2. The van der Waals surface area contributed by atoms with Gasteiger partial charge < -0.3 is 19.3 Å². The Morgan fingerprint density at radius 3 is 2.57 bits per heavy atom. The average Bonchev–Trinajstić information content (AvgIpc) is 3.18. The lowest BCUT2D eigenvalue weighted by molar-refractivity contribution is 0.115. The van der Waals surface area contributed by atoms with Crippen molar-refractivity contribution in [2.45, 2.75) is 39.7 Å². The zero-order chi connectivity index (χ0) is 21.1. The number of rotatable bonds is 6. The van der Waals surface area contributed by atoms with E-state index in [1.165, 1.54) is 12.5 Å². The minimum Gasteiger partial charge on any atom is -0.494 e. The summed E-state index contributed by atoms with van der Waals surface area (Å²) in [5, 5.41) is 0. The molecule has 2 aromatic rings. The molecule has 6 nitrogen and oxygen atoms in total. The molecule has 0 saturated carbocycles. The van der Waals surface area contributed by atoms with Gasteiger partial charge in [0.15, 0.2) is 0 Å².